The highest BCUT2D eigenvalue weighted by Crippen LogP contribution is 2.30. The van der Waals surface area contributed by atoms with Crippen molar-refractivity contribution in [3.8, 4) is 11.5 Å². The third-order valence-corrected chi connectivity index (χ3v) is 4.73. The summed E-state index contributed by atoms with van der Waals surface area (Å²) in [5.41, 5.74) is 4.81. The van der Waals surface area contributed by atoms with Crippen LogP contribution in [0.15, 0.2) is 18.2 Å². The molecule has 1 rings (SSSR count). The van der Waals surface area contributed by atoms with Gasteiger partial charge in [-0.15, -0.1) is 0 Å². The number of aliphatic carboxylic acids is 1. The van der Waals surface area contributed by atoms with E-state index in [1.807, 2.05) is 6.92 Å². The average molecular weight is 383 g/mol. The number of phenols is 2. The Kier molecular flexibility index (Phi) is 7.90. The molecule has 0 aliphatic rings. The molecule has 1 aromatic rings. The molecule has 0 aliphatic heterocycles. The number of carboxylic acid groups (broad SMARTS) is 1. The summed E-state index contributed by atoms with van der Waals surface area (Å²) < 4.78 is 10.3. The number of hydrogen-bond donors (Lipinski definition) is 4. The van der Waals surface area contributed by atoms with E-state index in [0.717, 1.165) is 6.42 Å². The van der Waals surface area contributed by atoms with Crippen LogP contribution < -0.4 is 5.73 Å². The summed E-state index contributed by atoms with van der Waals surface area (Å²) in [6.07, 6.45) is -0.577. The van der Waals surface area contributed by atoms with E-state index in [2.05, 4.69) is 0 Å². The number of rotatable bonds is 9. The minimum Gasteiger partial charge on any atom is -0.504 e. The monoisotopic (exact) mass is 383 g/mol. The molecular formula is C19H29NO7. The van der Waals surface area contributed by atoms with Crippen LogP contribution in [0.4, 0.5) is 4.79 Å². The summed E-state index contributed by atoms with van der Waals surface area (Å²) >= 11 is 0. The molecule has 8 nitrogen and oxygen atoms in total. The molecule has 0 aliphatic carbocycles. The zero-order valence-electron chi connectivity index (χ0n) is 16.1. The summed E-state index contributed by atoms with van der Waals surface area (Å²) in [4.78, 5) is 23.8. The van der Waals surface area contributed by atoms with E-state index in [0.29, 0.717) is 12.0 Å². The highest BCUT2D eigenvalue weighted by Gasteiger charge is 2.44. The third-order valence-electron chi connectivity index (χ3n) is 4.73. The molecule has 5 N–H and O–H groups in total. The molecular weight excluding hydrogens is 354 g/mol. The van der Waals surface area contributed by atoms with Gasteiger partial charge in [-0.05, 0) is 38.0 Å². The lowest BCUT2D eigenvalue weighted by atomic mass is 9.78. The molecule has 0 saturated heterocycles. The second-order valence-corrected chi connectivity index (χ2v) is 6.92. The van der Waals surface area contributed by atoms with Gasteiger partial charge in [0, 0.05) is 12.3 Å². The van der Waals surface area contributed by atoms with Crippen LogP contribution in [-0.2, 0) is 20.7 Å². The van der Waals surface area contributed by atoms with Gasteiger partial charge in [0.05, 0.1) is 0 Å². The van der Waals surface area contributed by atoms with Crippen molar-refractivity contribution in [2.45, 2.75) is 64.7 Å². The molecule has 8 heteroatoms. The quantitative estimate of drug-likeness (QED) is 0.377. The Morgan fingerprint density at radius 2 is 1.78 bits per heavy atom. The fourth-order valence-corrected chi connectivity index (χ4v) is 2.78. The molecule has 0 radical (unpaired) electrons. The van der Waals surface area contributed by atoms with Gasteiger partial charge in [-0.2, -0.15) is 0 Å². The van der Waals surface area contributed by atoms with E-state index in [-0.39, 0.29) is 24.0 Å². The number of aromatic hydroxyl groups is 2. The molecule has 27 heavy (non-hydrogen) atoms. The standard InChI is InChI=1S/C19H29NO7/c1-5-6-11(2)26-18(25)27-13(4)12(3)19(20,17(23)24)10-14-7-8-15(21)16(22)9-14/h7-9,11-13,21-22H,5-6,10,20H2,1-4H3,(H,23,24)/t11?,12-,13+,19-/m1/s1. The molecule has 152 valence electrons. The number of carbonyl (C=O) groups excluding carboxylic acids is 1. The summed E-state index contributed by atoms with van der Waals surface area (Å²) in [6, 6.07) is 3.97. The highest BCUT2D eigenvalue weighted by molar-refractivity contribution is 5.79. The summed E-state index contributed by atoms with van der Waals surface area (Å²) in [5, 5.41) is 28.7. The number of ether oxygens (including phenoxy) is 2. The minimum atomic E-state index is -1.77. The first-order chi connectivity index (χ1) is 12.5. The Morgan fingerprint density at radius 1 is 1.15 bits per heavy atom. The Balaban J connectivity index is 2.89. The summed E-state index contributed by atoms with van der Waals surface area (Å²) in [6.45, 7) is 6.84. The fourth-order valence-electron chi connectivity index (χ4n) is 2.78. The van der Waals surface area contributed by atoms with Gasteiger partial charge in [0.25, 0.3) is 0 Å². The zero-order chi connectivity index (χ0) is 20.8. The van der Waals surface area contributed by atoms with Crippen LogP contribution in [0.1, 0.15) is 46.1 Å². The number of benzene rings is 1. The van der Waals surface area contributed by atoms with Crippen molar-refractivity contribution in [1.29, 1.82) is 0 Å². The van der Waals surface area contributed by atoms with Crippen molar-refractivity contribution >= 4 is 12.1 Å². The van der Waals surface area contributed by atoms with Gasteiger partial charge in [-0.25, -0.2) is 4.79 Å². The Bertz CT molecular complexity index is 663. The second kappa shape index (κ2) is 9.45. The van der Waals surface area contributed by atoms with Crippen molar-refractivity contribution in [1.82, 2.24) is 0 Å². The molecule has 0 heterocycles. The summed E-state index contributed by atoms with van der Waals surface area (Å²) in [5.74, 6) is -2.72. The maximum atomic E-state index is 11.9. The topological polar surface area (TPSA) is 139 Å². The van der Waals surface area contributed by atoms with Crippen molar-refractivity contribution in [2.75, 3.05) is 0 Å². The number of hydrogen-bond acceptors (Lipinski definition) is 7. The van der Waals surface area contributed by atoms with Crippen molar-refractivity contribution < 1.29 is 34.4 Å². The van der Waals surface area contributed by atoms with Gasteiger partial charge in [0.1, 0.15) is 17.7 Å². The van der Waals surface area contributed by atoms with Crippen molar-refractivity contribution in [2.24, 2.45) is 11.7 Å². The number of carbonyl (C=O) groups is 2. The predicted octanol–water partition coefficient (Wildman–Crippen LogP) is 2.79. The van der Waals surface area contributed by atoms with E-state index in [9.17, 15) is 24.9 Å². The van der Waals surface area contributed by atoms with Crippen molar-refractivity contribution in [3.05, 3.63) is 23.8 Å². The van der Waals surface area contributed by atoms with E-state index in [4.69, 9.17) is 15.2 Å². The maximum Gasteiger partial charge on any atom is 0.508 e. The first-order valence-corrected chi connectivity index (χ1v) is 8.91. The normalized spacial score (nSPS) is 16.6. The molecule has 1 aromatic carbocycles. The van der Waals surface area contributed by atoms with Crippen molar-refractivity contribution in [3.63, 3.8) is 0 Å². The lowest BCUT2D eigenvalue weighted by Gasteiger charge is -2.34. The molecule has 0 bridgehead atoms. The molecule has 4 atom stereocenters. The molecule has 0 amide bonds. The van der Waals surface area contributed by atoms with Crippen LogP contribution in [0.25, 0.3) is 0 Å². The van der Waals surface area contributed by atoms with Crippen LogP contribution in [0.3, 0.4) is 0 Å². The van der Waals surface area contributed by atoms with Gasteiger partial charge in [-0.1, -0.05) is 26.3 Å². The SMILES string of the molecule is CCCC(C)OC(=O)O[C@@H](C)[C@@H](C)[C@](N)(Cc1ccc(O)c(O)c1)C(=O)O. The molecule has 0 fully saturated rings. The van der Waals surface area contributed by atoms with Crippen LogP contribution in [0.2, 0.25) is 0 Å². The Morgan fingerprint density at radius 3 is 2.30 bits per heavy atom. The van der Waals surface area contributed by atoms with Gasteiger partial charge in [0.15, 0.2) is 11.5 Å². The first kappa shape index (κ1) is 22.6. The van der Waals surface area contributed by atoms with Gasteiger partial charge in [0.2, 0.25) is 0 Å². The second-order valence-electron chi connectivity index (χ2n) is 6.92. The van der Waals surface area contributed by atoms with E-state index in [1.54, 1.807) is 20.8 Å². The van der Waals surface area contributed by atoms with Gasteiger partial charge >= 0.3 is 12.1 Å². The number of phenolic OH excluding ortho intramolecular Hbond substituents is 2. The van der Waals surface area contributed by atoms with E-state index < -0.39 is 29.7 Å². The van der Waals surface area contributed by atoms with Gasteiger partial charge in [-0.3, -0.25) is 4.79 Å². The largest absolute Gasteiger partial charge is 0.508 e. The molecule has 1 unspecified atom stereocenters. The lowest BCUT2D eigenvalue weighted by molar-refractivity contribution is -0.147. The summed E-state index contributed by atoms with van der Waals surface area (Å²) in [7, 11) is 0. The fraction of sp³-hybridized carbons (Fsp3) is 0.579. The van der Waals surface area contributed by atoms with Crippen LogP contribution in [-0.4, -0.2) is 45.2 Å². The van der Waals surface area contributed by atoms with Crippen LogP contribution in [0.5, 0.6) is 11.5 Å². The Hall–Kier alpha value is -2.48. The number of nitrogens with two attached hydrogens (primary N) is 1. The molecule has 0 saturated carbocycles. The maximum absolute atomic E-state index is 11.9. The minimum absolute atomic E-state index is 0.133. The average Bonchev–Trinajstić information content (AvgIpc) is 2.57. The molecule has 0 spiro atoms. The Labute approximate surface area is 158 Å². The zero-order valence-corrected chi connectivity index (χ0v) is 16.1. The predicted molar refractivity (Wildman–Crippen MR) is 98.6 cm³/mol. The highest BCUT2D eigenvalue weighted by atomic mass is 16.7. The smallest absolute Gasteiger partial charge is 0.504 e. The first-order valence-electron chi connectivity index (χ1n) is 8.91. The number of carboxylic acids is 1. The van der Waals surface area contributed by atoms with Crippen LogP contribution >= 0.6 is 0 Å². The third kappa shape index (κ3) is 6.02. The van der Waals surface area contributed by atoms with E-state index >= 15 is 0 Å². The lowest BCUT2D eigenvalue weighted by Crippen LogP contribution is -2.58. The van der Waals surface area contributed by atoms with Gasteiger partial charge < -0.3 is 30.5 Å². The van der Waals surface area contributed by atoms with E-state index in [1.165, 1.54) is 18.2 Å². The van der Waals surface area contributed by atoms with Crippen LogP contribution in [0, 0.1) is 5.92 Å². The molecule has 0 aromatic heterocycles.